The van der Waals surface area contributed by atoms with Gasteiger partial charge in [-0.2, -0.15) is 0 Å². The van der Waals surface area contributed by atoms with Gasteiger partial charge in [0.25, 0.3) is 0 Å². The first kappa shape index (κ1) is 90.2. The smallest absolute Gasteiger partial charge is 0.306 e. The summed E-state index contributed by atoms with van der Waals surface area (Å²) in [6.45, 7) is 4.64. The summed E-state index contributed by atoms with van der Waals surface area (Å²) in [4.78, 5) is 37.6. The van der Waals surface area contributed by atoms with E-state index in [4.69, 9.17) is 18.9 Å². The van der Waals surface area contributed by atoms with Crippen molar-refractivity contribution in [1.29, 1.82) is 0 Å². The van der Waals surface area contributed by atoms with Crippen LogP contribution >= 0.6 is 0 Å². The molecule has 0 aliphatic heterocycles. The maximum atomic E-state index is 12.9. The lowest BCUT2D eigenvalue weighted by molar-refractivity contribution is -0.870. The zero-order chi connectivity index (χ0) is 68.2. The molecule has 0 rings (SSSR count). The standard InChI is InChI=1S/C85H151NO8/c1-6-8-10-12-14-16-18-20-22-24-26-28-30-32-34-36-37-38-39-40-41-42-43-44-45-46-48-49-51-53-55-57-59-61-63-65-67-69-71-73-75-82(87)92-79-81(80-93-85(84(89)90)91-78-77-86(3,4)5)94-83(88)76-74-72-70-68-66-64-62-60-58-56-54-52-50-47-35-33-31-29-27-25-23-21-19-17-15-13-11-9-7-2/h9,11,15,17,21,23,27,29,33,35,50,52,56,58,62,64,81,85H,6-8,10,12-14,16,18-20,22,24-26,28,30-32,34,36-49,51,53-55,57,59-61,63,65-80H2,1-5H3/b11-9-,17-15-,23-21-,29-27-,35-33-,52-50-,58-56-,64-62-. The Balaban J connectivity index is 4.02. The van der Waals surface area contributed by atoms with Crippen LogP contribution in [-0.4, -0.2) is 82.3 Å². The van der Waals surface area contributed by atoms with Gasteiger partial charge in [0, 0.05) is 12.8 Å². The second kappa shape index (κ2) is 75.0. The van der Waals surface area contributed by atoms with E-state index < -0.39 is 24.3 Å². The van der Waals surface area contributed by atoms with Crippen LogP contribution < -0.4 is 5.11 Å². The zero-order valence-electron chi connectivity index (χ0n) is 62.3. The molecular weight excluding hydrogens is 1160 g/mol. The number of carbonyl (C=O) groups excluding carboxylic acids is 3. The molecule has 0 fully saturated rings. The van der Waals surface area contributed by atoms with Gasteiger partial charge in [-0.1, -0.05) is 374 Å². The molecule has 0 aromatic heterocycles. The van der Waals surface area contributed by atoms with Crippen LogP contribution in [0.5, 0.6) is 0 Å². The van der Waals surface area contributed by atoms with E-state index in [1.807, 2.05) is 21.1 Å². The number of hydrogen-bond acceptors (Lipinski definition) is 8. The minimum Gasteiger partial charge on any atom is -0.545 e. The normalized spacial score (nSPS) is 13.2. The molecule has 0 N–H and O–H groups in total. The quantitative estimate of drug-likeness (QED) is 0.0195. The van der Waals surface area contributed by atoms with Crippen molar-refractivity contribution < 1.29 is 42.9 Å². The third-order valence-corrected chi connectivity index (χ3v) is 17.6. The Hall–Kier alpha value is -3.79. The Morgan fingerprint density at radius 3 is 0.904 bits per heavy atom. The number of esters is 2. The number of hydrogen-bond donors (Lipinski definition) is 0. The Labute approximate surface area is 582 Å². The van der Waals surface area contributed by atoms with E-state index in [1.54, 1.807) is 0 Å². The summed E-state index contributed by atoms with van der Waals surface area (Å²) in [7, 11) is 5.93. The van der Waals surface area contributed by atoms with Crippen molar-refractivity contribution in [2.75, 3.05) is 47.5 Å². The number of allylic oxidation sites excluding steroid dienone is 16. The number of aliphatic carboxylic acids is 1. The Bertz CT molecular complexity index is 1870. The summed E-state index contributed by atoms with van der Waals surface area (Å²) >= 11 is 0. The average molecular weight is 1320 g/mol. The molecule has 9 heteroatoms. The van der Waals surface area contributed by atoms with Crippen molar-refractivity contribution in [3.8, 4) is 0 Å². The highest BCUT2D eigenvalue weighted by Gasteiger charge is 2.22. The fourth-order valence-electron chi connectivity index (χ4n) is 11.6. The largest absolute Gasteiger partial charge is 0.545 e. The van der Waals surface area contributed by atoms with Gasteiger partial charge in [0.05, 0.1) is 40.3 Å². The van der Waals surface area contributed by atoms with Crippen molar-refractivity contribution in [1.82, 2.24) is 0 Å². The molecule has 9 nitrogen and oxygen atoms in total. The van der Waals surface area contributed by atoms with Gasteiger partial charge in [-0.15, -0.1) is 0 Å². The third-order valence-electron chi connectivity index (χ3n) is 17.6. The molecule has 0 radical (unpaired) electrons. The molecule has 2 atom stereocenters. The van der Waals surface area contributed by atoms with Crippen LogP contribution in [0.15, 0.2) is 97.2 Å². The SMILES string of the molecule is CC/C=C\C/C=C\C/C=C\C/C=C\C/C=C\C/C=C\C/C=C\C/C=C\CCCCCCC(=O)OC(COC(=O)CCCCCCCCCCCCCCCCCCCCCCCCCCCCCCCCCCCCCCCCCC)COC(OCC[N+](C)(C)C)C(=O)[O-]. The molecule has 0 aliphatic carbocycles. The maximum Gasteiger partial charge on any atom is 0.306 e. The Morgan fingerprint density at radius 2 is 0.606 bits per heavy atom. The molecule has 2 unspecified atom stereocenters. The van der Waals surface area contributed by atoms with E-state index in [0.29, 0.717) is 17.4 Å². The molecule has 94 heavy (non-hydrogen) atoms. The first-order chi connectivity index (χ1) is 46.1. The molecule has 0 saturated carbocycles. The van der Waals surface area contributed by atoms with Crippen molar-refractivity contribution in [3.05, 3.63) is 97.2 Å². The molecule has 0 aromatic carbocycles. The number of nitrogens with zero attached hydrogens (tertiary/aromatic N) is 1. The van der Waals surface area contributed by atoms with Crippen LogP contribution in [0.4, 0.5) is 0 Å². The van der Waals surface area contributed by atoms with E-state index >= 15 is 0 Å². The van der Waals surface area contributed by atoms with Crippen LogP contribution in [0, 0.1) is 0 Å². The average Bonchev–Trinajstić information content (AvgIpc) is 3.72. The molecule has 0 aliphatic rings. The number of unbranched alkanes of at least 4 members (excludes halogenated alkanes) is 43. The Kier molecular flexibility index (Phi) is 72.0. The van der Waals surface area contributed by atoms with E-state index in [0.717, 1.165) is 96.3 Å². The number of carboxylic acids is 1. The lowest BCUT2D eigenvalue weighted by Gasteiger charge is -2.26. The lowest BCUT2D eigenvalue weighted by Crippen LogP contribution is -2.44. The van der Waals surface area contributed by atoms with Gasteiger partial charge in [-0.25, -0.2) is 0 Å². The maximum absolute atomic E-state index is 12.9. The van der Waals surface area contributed by atoms with Crippen molar-refractivity contribution >= 4 is 17.9 Å². The van der Waals surface area contributed by atoms with Gasteiger partial charge in [-0.05, 0) is 77.0 Å². The minimum atomic E-state index is -1.64. The highest BCUT2D eigenvalue weighted by Crippen LogP contribution is 2.19. The zero-order valence-corrected chi connectivity index (χ0v) is 62.3. The molecule has 0 heterocycles. The third kappa shape index (κ3) is 75.6. The van der Waals surface area contributed by atoms with Gasteiger partial charge >= 0.3 is 11.9 Å². The molecule has 0 amide bonds. The fraction of sp³-hybridized carbons (Fsp3) is 0.776. The summed E-state index contributed by atoms with van der Waals surface area (Å²) in [5, 5.41) is 11.8. The van der Waals surface area contributed by atoms with E-state index in [-0.39, 0.29) is 38.6 Å². The summed E-state index contributed by atoms with van der Waals surface area (Å²) in [6.07, 6.45) is 101. The van der Waals surface area contributed by atoms with Crippen LogP contribution in [0.25, 0.3) is 0 Å². The number of carboxylic acid groups (broad SMARTS) is 1. The van der Waals surface area contributed by atoms with Crippen LogP contribution in [0.3, 0.4) is 0 Å². The second-order valence-electron chi connectivity index (χ2n) is 28.0. The first-order valence-electron chi connectivity index (χ1n) is 39.9. The van der Waals surface area contributed by atoms with E-state index in [1.165, 1.54) is 238 Å². The molecule has 0 spiro atoms. The molecule has 544 valence electrons. The highest BCUT2D eigenvalue weighted by molar-refractivity contribution is 5.70. The lowest BCUT2D eigenvalue weighted by atomic mass is 10.0. The molecule has 0 aromatic rings. The highest BCUT2D eigenvalue weighted by atomic mass is 16.7. The number of likely N-dealkylation sites (N-methyl/N-ethyl adjacent to an activating group) is 1. The topological polar surface area (TPSA) is 111 Å². The van der Waals surface area contributed by atoms with Gasteiger partial charge in [0.2, 0.25) is 0 Å². The van der Waals surface area contributed by atoms with Gasteiger partial charge < -0.3 is 33.3 Å². The summed E-state index contributed by atoms with van der Waals surface area (Å²) < 4.78 is 22.8. The van der Waals surface area contributed by atoms with Crippen LogP contribution in [0.2, 0.25) is 0 Å². The van der Waals surface area contributed by atoms with Gasteiger partial charge in [0.1, 0.15) is 13.2 Å². The number of rotatable bonds is 74. The number of ether oxygens (including phenoxy) is 4. The van der Waals surface area contributed by atoms with Crippen LogP contribution in [-0.2, 0) is 33.3 Å². The Morgan fingerprint density at radius 1 is 0.330 bits per heavy atom. The van der Waals surface area contributed by atoms with Gasteiger partial charge in [0.15, 0.2) is 12.4 Å². The number of quaternary nitrogens is 1. The van der Waals surface area contributed by atoms with Crippen molar-refractivity contribution in [3.63, 3.8) is 0 Å². The second-order valence-corrected chi connectivity index (χ2v) is 28.0. The van der Waals surface area contributed by atoms with Crippen molar-refractivity contribution in [2.24, 2.45) is 0 Å². The summed E-state index contributed by atoms with van der Waals surface area (Å²) in [5.74, 6) is -2.31. The van der Waals surface area contributed by atoms with Gasteiger partial charge in [-0.3, -0.25) is 9.59 Å². The van der Waals surface area contributed by atoms with Crippen molar-refractivity contribution in [2.45, 2.75) is 379 Å². The van der Waals surface area contributed by atoms with E-state index in [2.05, 4.69) is 111 Å². The monoisotopic (exact) mass is 1310 g/mol. The predicted octanol–water partition coefficient (Wildman–Crippen LogP) is 24.2. The minimum absolute atomic E-state index is 0.139. The molecule has 0 saturated heterocycles. The van der Waals surface area contributed by atoms with E-state index in [9.17, 15) is 19.5 Å². The molecular formula is C85H151NO8. The number of carbonyl (C=O) groups is 3. The summed E-state index contributed by atoms with van der Waals surface area (Å²) in [6, 6.07) is 0. The first-order valence-corrected chi connectivity index (χ1v) is 39.9. The summed E-state index contributed by atoms with van der Waals surface area (Å²) in [5.41, 5.74) is 0. The van der Waals surface area contributed by atoms with Crippen LogP contribution in [0.1, 0.15) is 367 Å². The fourth-order valence-corrected chi connectivity index (χ4v) is 11.6. The molecule has 0 bridgehead atoms. The predicted molar refractivity (Wildman–Crippen MR) is 403 cm³/mol.